The van der Waals surface area contributed by atoms with Crippen molar-refractivity contribution in [1.82, 2.24) is 9.78 Å². The molecule has 2 aromatic rings. The van der Waals surface area contributed by atoms with Gasteiger partial charge in [0.25, 0.3) is 0 Å². The Hall–Kier alpha value is -1.77. The van der Waals surface area contributed by atoms with Crippen molar-refractivity contribution in [2.45, 2.75) is 25.8 Å². The summed E-state index contributed by atoms with van der Waals surface area (Å²) in [5.74, 6) is 0.878. The molecule has 0 radical (unpaired) electrons. The number of anilines is 1. The van der Waals surface area contributed by atoms with E-state index in [0.717, 1.165) is 19.0 Å². The Morgan fingerprint density at radius 1 is 1.22 bits per heavy atom. The van der Waals surface area contributed by atoms with Gasteiger partial charge in [-0.2, -0.15) is 5.10 Å². The van der Waals surface area contributed by atoms with E-state index in [1.165, 1.54) is 30.5 Å². The molecule has 1 heterocycles. The van der Waals surface area contributed by atoms with Crippen LogP contribution in [0.5, 0.6) is 0 Å². The van der Waals surface area contributed by atoms with Crippen molar-refractivity contribution in [3.8, 4) is 0 Å². The zero-order valence-electron chi connectivity index (χ0n) is 10.5. The Morgan fingerprint density at radius 2 is 2.11 bits per heavy atom. The Labute approximate surface area is 108 Å². The van der Waals surface area contributed by atoms with Gasteiger partial charge in [0.15, 0.2) is 0 Å². The van der Waals surface area contributed by atoms with Crippen LogP contribution >= 0.6 is 0 Å². The SMILES string of the molecule is c1ccc(NCC2CCC2)c(Cn2cccn2)c1. The summed E-state index contributed by atoms with van der Waals surface area (Å²) in [4.78, 5) is 0. The Balaban J connectivity index is 1.68. The van der Waals surface area contributed by atoms with Crippen molar-refractivity contribution in [2.75, 3.05) is 11.9 Å². The molecule has 3 heteroatoms. The van der Waals surface area contributed by atoms with Crippen LogP contribution in [0, 0.1) is 5.92 Å². The van der Waals surface area contributed by atoms with Crippen LogP contribution in [0.1, 0.15) is 24.8 Å². The lowest BCUT2D eigenvalue weighted by Crippen LogP contribution is -2.21. The van der Waals surface area contributed by atoms with Crippen molar-refractivity contribution in [2.24, 2.45) is 5.92 Å². The molecule has 1 aromatic heterocycles. The highest BCUT2D eigenvalue weighted by atomic mass is 15.3. The molecule has 3 rings (SSSR count). The molecule has 1 fully saturated rings. The maximum absolute atomic E-state index is 4.26. The van der Waals surface area contributed by atoms with Crippen molar-refractivity contribution >= 4 is 5.69 Å². The predicted octanol–water partition coefficient (Wildman–Crippen LogP) is 3.14. The van der Waals surface area contributed by atoms with Crippen molar-refractivity contribution < 1.29 is 0 Å². The van der Waals surface area contributed by atoms with E-state index in [2.05, 4.69) is 34.7 Å². The normalized spacial score (nSPS) is 15.3. The van der Waals surface area contributed by atoms with Crippen LogP contribution in [-0.4, -0.2) is 16.3 Å². The second kappa shape index (κ2) is 5.25. The first-order chi connectivity index (χ1) is 8.92. The highest BCUT2D eigenvalue weighted by Crippen LogP contribution is 2.27. The van der Waals surface area contributed by atoms with Crippen molar-refractivity contribution in [1.29, 1.82) is 0 Å². The van der Waals surface area contributed by atoms with Gasteiger partial charge in [-0.1, -0.05) is 24.6 Å². The van der Waals surface area contributed by atoms with E-state index in [9.17, 15) is 0 Å². The lowest BCUT2D eigenvalue weighted by molar-refractivity contribution is 0.333. The first kappa shape index (κ1) is 11.3. The summed E-state index contributed by atoms with van der Waals surface area (Å²) in [7, 11) is 0. The molecule has 18 heavy (non-hydrogen) atoms. The van der Waals surface area contributed by atoms with Crippen LogP contribution in [0.4, 0.5) is 5.69 Å². The molecule has 0 spiro atoms. The monoisotopic (exact) mass is 241 g/mol. The minimum Gasteiger partial charge on any atom is -0.384 e. The van der Waals surface area contributed by atoms with E-state index in [-0.39, 0.29) is 0 Å². The molecule has 0 bridgehead atoms. The quantitative estimate of drug-likeness (QED) is 0.871. The Bertz CT molecular complexity index is 486. The summed E-state index contributed by atoms with van der Waals surface area (Å²) in [6.45, 7) is 1.94. The van der Waals surface area contributed by atoms with Crippen LogP contribution in [0.2, 0.25) is 0 Å². The van der Waals surface area contributed by atoms with E-state index in [0.29, 0.717) is 0 Å². The molecule has 0 unspecified atom stereocenters. The van der Waals surface area contributed by atoms with Gasteiger partial charge in [-0.3, -0.25) is 4.68 Å². The smallest absolute Gasteiger partial charge is 0.0679 e. The third kappa shape index (κ3) is 2.55. The van der Waals surface area contributed by atoms with Crippen molar-refractivity contribution in [3.05, 3.63) is 48.3 Å². The lowest BCUT2D eigenvalue weighted by atomic mass is 9.85. The van der Waals surface area contributed by atoms with E-state index in [1.807, 2.05) is 23.1 Å². The van der Waals surface area contributed by atoms with Gasteiger partial charge in [-0.05, 0) is 36.5 Å². The van der Waals surface area contributed by atoms with E-state index in [1.54, 1.807) is 0 Å². The van der Waals surface area contributed by atoms with Gasteiger partial charge in [0.1, 0.15) is 0 Å². The number of hydrogen-bond acceptors (Lipinski definition) is 2. The minimum atomic E-state index is 0.834. The number of hydrogen-bond donors (Lipinski definition) is 1. The second-order valence-electron chi connectivity index (χ2n) is 5.04. The van der Waals surface area contributed by atoms with Crippen LogP contribution in [-0.2, 0) is 6.54 Å². The van der Waals surface area contributed by atoms with Crippen molar-refractivity contribution in [3.63, 3.8) is 0 Å². The lowest BCUT2D eigenvalue weighted by Gasteiger charge is -2.26. The first-order valence-electron chi connectivity index (χ1n) is 6.71. The van der Waals surface area contributed by atoms with Crippen LogP contribution in [0.3, 0.4) is 0 Å². The highest BCUT2D eigenvalue weighted by Gasteiger charge is 2.17. The highest BCUT2D eigenvalue weighted by molar-refractivity contribution is 5.51. The molecule has 1 N–H and O–H groups in total. The summed E-state index contributed by atoms with van der Waals surface area (Å²) in [6.07, 6.45) is 8.00. The van der Waals surface area contributed by atoms with Crippen LogP contribution in [0.25, 0.3) is 0 Å². The van der Waals surface area contributed by atoms with Gasteiger partial charge in [-0.25, -0.2) is 0 Å². The number of para-hydroxylation sites is 1. The minimum absolute atomic E-state index is 0.834. The van der Waals surface area contributed by atoms with E-state index < -0.39 is 0 Å². The molecular formula is C15H19N3. The number of benzene rings is 1. The maximum Gasteiger partial charge on any atom is 0.0679 e. The fraction of sp³-hybridized carbons (Fsp3) is 0.400. The molecule has 1 aromatic carbocycles. The molecule has 94 valence electrons. The zero-order chi connectivity index (χ0) is 12.2. The summed E-state index contributed by atoms with van der Waals surface area (Å²) in [6, 6.07) is 10.5. The molecule has 0 saturated heterocycles. The number of nitrogens with one attached hydrogen (secondary N) is 1. The third-order valence-electron chi connectivity index (χ3n) is 3.71. The molecule has 1 aliphatic rings. The van der Waals surface area contributed by atoms with E-state index in [4.69, 9.17) is 0 Å². The summed E-state index contributed by atoms with van der Waals surface area (Å²) >= 11 is 0. The fourth-order valence-corrected chi connectivity index (χ4v) is 2.35. The molecule has 3 nitrogen and oxygen atoms in total. The molecule has 1 saturated carbocycles. The topological polar surface area (TPSA) is 29.9 Å². The Morgan fingerprint density at radius 3 is 2.83 bits per heavy atom. The first-order valence-corrected chi connectivity index (χ1v) is 6.71. The fourth-order valence-electron chi connectivity index (χ4n) is 2.35. The van der Waals surface area contributed by atoms with Gasteiger partial charge >= 0.3 is 0 Å². The largest absolute Gasteiger partial charge is 0.384 e. The Kier molecular flexibility index (Phi) is 3.31. The summed E-state index contributed by atoms with van der Waals surface area (Å²) < 4.78 is 1.96. The van der Waals surface area contributed by atoms with Gasteiger partial charge in [0.2, 0.25) is 0 Å². The second-order valence-corrected chi connectivity index (χ2v) is 5.04. The van der Waals surface area contributed by atoms with Crippen LogP contribution in [0.15, 0.2) is 42.7 Å². The van der Waals surface area contributed by atoms with Gasteiger partial charge < -0.3 is 5.32 Å². The molecule has 1 aliphatic carbocycles. The number of nitrogens with zero attached hydrogens (tertiary/aromatic N) is 2. The molecule has 0 amide bonds. The number of aromatic nitrogens is 2. The summed E-state index contributed by atoms with van der Waals surface area (Å²) in [5, 5.41) is 7.85. The van der Waals surface area contributed by atoms with Crippen LogP contribution < -0.4 is 5.32 Å². The predicted molar refractivity (Wildman–Crippen MR) is 73.6 cm³/mol. The maximum atomic E-state index is 4.26. The van der Waals surface area contributed by atoms with Gasteiger partial charge in [-0.15, -0.1) is 0 Å². The average molecular weight is 241 g/mol. The average Bonchev–Trinajstić information content (AvgIpc) is 2.82. The van der Waals surface area contributed by atoms with Gasteiger partial charge in [0.05, 0.1) is 6.54 Å². The standard InChI is InChI=1S/C15H19N3/c1-2-8-15(16-11-13-5-3-6-13)14(7-1)12-18-10-4-9-17-18/h1-2,4,7-10,13,16H,3,5-6,11-12H2. The molecule has 0 atom stereocenters. The third-order valence-corrected chi connectivity index (χ3v) is 3.71. The van der Waals surface area contributed by atoms with Gasteiger partial charge in [0, 0.05) is 24.6 Å². The molecular weight excluding hydrogens is 222 g/mol. The number of rotatable bonds is 5. The summed E-state index contributed by atoms with van der Waals surface area (Å²) in [5.41, 5.74) is 2.56. The molecule has 0 aliphatic heterocycles. The zero-order valence-corrected chi connectivity index (χ0v) is 10.5. The van der Waals surface area contributed by atoms with E-state index >= 15 is 0 Å².